The number of hydrogen-bond acceptors (Lipinski definition) is 4. The average molecular weight is 535 g/mol. The highest BCUT2D eigenvalue weighted by atomic mass is 35.5. The van der Waals surface area contributed by atoms with Crippen LogP contribution in [0, 0.1) is 0 Å². The van der Waals surface area contributed by atoms with Crippen LogP contribution in [0.15, 0.2) is 66.3 Å². The minimum absolute atomic E-state index is 0.110. The molecular formula is C29H35ClN6O2. The molecule has 1 aromatic carbocycles. The highest BCUT2D eigenvalue weighted by Gasteiger charge is 2.28. The van der Waals surface area contributed by atoms with Crippen LogP contribution in [0.25, 0.3) is 11.4 Å². The monoisotopic (exact) mass is 534 g/mol. The zero-order valence-corrected chi connectivity index (χ0v) is 23.1. The van der Waals surface area contributed by atoms with Crippen molar-refractivity contribution in [1.82, 2.24) is 20.2 Å². The zero-order chi connectivity index (χ0) is 27.7. The Kier molecular flexibility index (Phi) is 10.2. The summed E-state index contributed by atoms with van der Waals surface area (Å²) in [5, 5.41) is 3.17. The molecule has 9 heteroatoms. The minimum atomic E-state index is -0.110. The fraction of sp³-hybridized carbons (Fsp3) is 0.310. The Morgan fingerprint density at radius 3 is 2.58 bits per heavy atom. The number of para-hydroxylation sites is 1. The number of nitrogens with one attached hydrogen (secondary N) is 2. The first-order valence-corrected chi connectivity index (χ1v) is 12.9. The Morgan fingerprint density at radius 1 is 1.21 bits per heavy atom. The first-order valence-electron chi connectivity index (χ1n) is 12.6. The Bertz CT molecular complexity index is 1270. The van der Waals surface area contributed by atoms with E-state index in [0.29, 0.717) is 53.9 Å². The summed E-state index contributed by atoms with van der Waals surface area (Å²) >= 11 is 6.80. The highest BCUT2D eigenvalue weighted by Crippen LogP contribution is 2.37. The van der Waals surface area contributed by atoms with Crippen LogP contribution >= 0.6 is 11.6 Å². The van der Waals surface area contributed by atoms with Gasteiger partial charge in [-0.05, 0) is 49.1 Å². The van der Waals surface area contributed by atoms with E-state index in [9.17, 15) is 9.59 Å². The summed E-state index contributed by atoms with van der Waals surface area (Å²) in [5.74, 6) is 1.18. The van der Waals surface area contributed by atoms with Crippen LogP contribution in [-0.4, -0.2) is 59.7 Å². The first kappa shape index (κ1) is 28.7. The highest BCUT2D eigenvalue weighted by molar-refractivity contribution is 6.33. The van der Waals surface area contributed by atoms with Gasteiger partial charge in [0.25, 0.3) is 0 Å². The predicted molar refractivity (Wildman–Crippen MR) is 155 cm³/mol. The van der Waals surface area contributed by atoms with E-state index in [4.69, 9.17) is 16.6 Å². The Balaban J connectivity index is 2.29. The normalized spacial score (nSPS) is 12.2. The Hall–Kier alpha value is -3.91. The van der Waals surface area contributed by atoms with Crippen molar-refractivity contribution in [3.05, 3.63) is 77.5 Å². The molecule has 2 aromatic heterocycles. The Labute approximate surface area is 229 Å². The lowest BCUT2D eigenvalue weighted by Gasteiger charge is -2.34. The fourth-order valence-corrected chi connectivity index (χ4v) is 4.66. The van der Waals surface area contributed by atoms with Crippen LogP contribution in [0.2, 0.25) is 5.02 Å². The lowest BCUT2D eigenvalue weighted by Crippen LogP contribution is -2.45. The molecule has 200 valence electrons. The van der Waals surface area contributed by atoms with Crippen molar-refractivity contribution in [2.24, 2.45) is 4.99 Å². The summed E-state index contributed by atoms with van der Waals surface area (Å²) in [7, 11) is 1.69. The molecule has 38 heavy (non-hydrogen) atoms. The van der Waals surface area contributed by atoms with Crippen LogP contribution in [0.4, 0.5) is 11.5 Å². The van der Waals surface area contributed by atoms with E-state index in [1.54, 1.807) is 24.2 Å². The number of carbonyl (C=O) groups excluding carboxylic acids is 2. The number of amides is 2. The molecule has 0 spiro atoms. The Morgan fingerprint density at radius 2 is 1.97 bits per heavy atom. The maximum absolute atomic E-state index is 12.8. The number of carbonyl (C=O) groups is 2. The molecular weight excluding hydrogens is 500 g/mol. The van der Waals surface area contributed by atoms with Crippen LogP contribution in [0.3, 0.4) is 0 Å². The van der Waals surface area contributed by atoms with Crippen LogP contribution < -0.4 is 10.2 Å². The van der Waals surface area contributed by atoms with E-state index in [-0.39, 0.29) is 12.0 Å². The van der Waals surface area contributed by atoms with Crippen molar-refractivity contribution in [2.45, 2.75) is 39.2 Å². The van der Waals surface area contributed by atoms with Gasteiger partial charge >= 0.3 is 0 Å². The summed E-state index contributed by atoms with van der Waals surface area (Å²) in [4.78, 5) is 40.2. The molecule has 3 aromatic rings. The molecule has 1 atom stereocenters. The largest absolute Gasteiger partial charge is 0.360 e. The third-order valence-electron chi connectivity index (χ3n) is 6.29. The summed E-state index contributed by atoms with van der Waals surface area (Å²) in [5.41, 5.74) is 3.59. The molecule has 0 saturated heterocycles. The topological polar surface area (TPSA) is 93.7 Å². The summed E-state index contributed by atoms with van der Waals surface area (Å²) in [6, 6.07) is 13.2. The van der Waals surface area contributed by atoms with E-state index in [0.717, 1.165) is 23.4 Å². The van der Waals surface area contributed by atoms with Crippen molar-refractivity contribution in [2.75, 3.05) is 25.0 Å². The van der Waals surface area contributed by atoms with Gasteiger partial charge in [0.15, 0.2) is 5.82 Å². The van der Waals surface area contributed by atoms with Gasteiger partial charge in [-0.15, -0.1) is 6.58 Å². The molecule has 0 aliphatic rings. The van der Waals surface area contributed by atoms with Gasteiger partial charge in [0.2, 0.25) is 12.8 Å². The van der Waals surface area contributed by atoms with Gasteiger partial charge in [0, 0.05) is 32.4 Å². The molecule has 0 fully saturated rings. The number of benzene rings is 1. The first-order chi connectivity index (χ1) is 18.4. The molecule has 8 nitrogen and oxygen atoms in total. The number of aromatic nitrogens is 2. The van der Waals surface area contributed by atoms with Gasteiger partial charge < -0.3 is 15.2 Å². The molecule has 0 bridgehead atoms. The molecule has 2 amide bonds. The number of pyridine rings is 1. The number of aliphatic imine (C=N–C) groups is 1. The second-order valence-electron chi connectivity index (χ2n) is 9.16. The number of nitrogens with zero attached hydrogens (tertiary/aromatic N) is 4. The molecule has 0 radical (unpaired) electrons. The quantitative estimate of drug-likeness (QED) is 0.130. The van der Waals surface area contributed by atoms with Gasteiger partial charge in [-0.3, -0.25) is 19.5 Å². The van der Waals surface area contributed by atoms with E-state index in [1.165, 1.54) is 0 Å². The van der Waals surface area contributed by atoms with E-state index in [1.807, 2.05) is 49.4 Å². The van der Waals surface area contributed by atoms with E-state index >= 15 is 0 Å². The third kappa shape index (κ3) is 6.31. The van der Waals surface area contributed by atoms with Crippen LogP contribution in [0.5, 0.6) is 0 Å². The zero-order valence-electron chi connectivity index (χ0n) is 22.3. The van der Waals surface area contributed by atoms with Gasteiger partial charge in [-0.25, -0.2) is 4.98 Å². The molecule has 0 aliphatic carbocycles. The van der Waals surface area contributed by atoms with Gasteiger partial charge in [-0.1, -0.05) is 49.7 Å². The fourth-order valence-electron chi connectivity index (χ4n) is 4.41. The number of rotatable bonds is 13. The SMILES string of the molecule is C=CCCN(/C(=N/C)c1cc(Cl)c(-c2ccc[nH]2)nc1N(C=O)c1ccccc1C(C)C)C(C)CNC=O. The van der Waals surface area contributed by atoms with E-state index in [2.05, 4.69) is 40.6 Å². The van der Waals surface area contributed by atoms with Crippen molar-refractivity contribution in [1.29, 1.82) is 0 Å². The predicted octanol–water partition coefficient (Wildman–Crippen LogP) is 5.54. The van der Waals surface area contributed by atoms with Crippen molar-refractivity contribution in [3.63, 3.8) is 0 Å². The second-order valence-corrected chi connectivity index (χ2v) is 9.56. The minimum Gasteiger partial charge on any atom is -0.360 e. The average Bonchev–Trinajstić information content (AvgIpc) is 3.45. The van der Waals surface area contributed by atoms with Crippen LogP contribution in [-0.2, 0) is 9.59 Å². The molecule has 2 heterocycles. The molecule has 2 N–H and O–H groups in total. The molecule has 1 unspecified atom stereocenters. The number of H-pyrrole nitrogens is 1. The number of halogens is 1. The molecule has 0 aliphatic heterocycles. The number of aromatic amines is 1. The second kappa shape index (κ2) is 13.6. The summed E-state index contributed by atoms with van der Waals surface area (Å²) in [6.07, 6.45) is 5.77. The van der Waals surface area contributed by atoms with Gasteiger partial charge in [-0.2, -0.15) is 0 Å². The summed E-state index contributed by atoms with van der Waals surface area (Å²) < 4.78 is 0. The number of amidine groups is 1. The molecule has 3 rings (SSSR count). The lowest BCUT2D eigenvalue weighted by atomic mass is 10.00. The van der Waals surface area contributed by atoms with Crippen molar-refractivity contribution in [3.8, 4) is 11.4 Å². The lowest BCUT2D eigenvalue weighted by molar-refractivity contribution is -0.109. The number of hydrogen-bond donors (Lipinski definition) is 2. The smallest absolute Gasteiger partial charge is 0.219 e. The summed E-state index contributed by atoms with van der Waals surface area (Å²) in [6.45, 7) is 11.0. The third-order valence-corrected chi connectivity index (χ3v) is 6.58. The van der Waals surface area contributed by atoms with Gasteiger partial charge in [0.05, 0.1) is 22.0 Å². The standard InChI is InChI=1S/C29H35ClN6O2/c1-6-7-15-35(21(4)17-32-18-37)28(31-5)23-16-24(30)27(25-12-10-14-33-25)34-29(23)36(19-38)26-13-9-8-11-22(26)20(2)3/h6,8-14,16,18-21,33H,1,7,15,17H2,2-5H3,(H,32,37)/b31-28+. The maximum atomic E-state index is 12.8. The van der Waals surface area contributed by atoms with Crippen molar-refractivity contribution < 1.29 is 9.59 Å². The maximum Gasteiger partial charge on any atom is 0.219 e. The van der Waals surface area contributed by atoms with Crippen LogP contribution in [0.1, 0.15) is 44.2 Å². The van der Waals surface area contributed by atoms with Gasteiger partial charge in [0.1, 0.15) is 11.5 Å². The van der Waals surface area contributed by atoms with Crippen molar-refractivity contribution >= 4 is 41.8 Å². The molecule has 0 saturated carbocycles. The van der Waals surface area contributed by atoms with E-state index < -0.39 is 0 Å². The number of anilines is 2.